The number of aromatic hydroxyl groups is 1. The normalized spacial score (nSPS) is 13.6. The van der Waals surface area contributed by atoms with Crippen molar-refractivity contribution in [1.82, 2.24) is 20.1 Å². The molecule has 28 heavy (non-hydrogen) atoms. The second kappa shape index (κ2) is 6.59. The van der Waals surface area contributed by atoms with E-state index in [9.17, 15) is 20.0 Å². The van der Waals surface area contributed by atoms with Gasteiger partial charge in [-0.15, -0.1) is 0 Å². The van der Waals surface area contributed by atoms with Crippen molar-refractivity contribution in [3.05, 3.63) is 56.9 Å². The molecule has 1 saturated carbocycles. The Morgan fingerprint density at radius 3 is 2.82 bits per heavy atom. The number of benzene rings is 1. The summed E-state index contributed by atoms with van der Waals surface area (Å²) in [6.07, 6.45) is 2.11. The van der Waals surface area contributed by atoms with Crippen LogP contribution in [0.15, 0.2) is 24.3 Å². The lowest BCUT2D eigenvalue weighted by molar-refractivity contribution is -0.384. The monoisotopic (exact) mass is 381 g/mol. The second-order valence-corrected chi connectivity index (χ2v) is 7.03. The maximum atomic E-state index is 12.9. The number of aromatic nitrogens is 3. The van der Waals surface area contributed by atoms with E-state index >= 15 is 0 Å². The maximum absolute atomic E-state index is 12.9. The van der Waals surface area contributed by atoms with Gasteiger partial charge in [-0.1, -0.05) is 0 Å². The predicted molar refractivity (Wildman–Crippen MR) is 101 cm³/mol. The number of hydrogen-bond acceptors (Lipinski definition) is 6. The lowest BCUT2D eigenvalue weighted by Gasteiger charge is -2.10. The van der Waals surface area contributed by atoms with Crippen molar-refractivity contribution in [2.24, 2.45) is 7.05 Å². The molecule has 0 radical (unpaired) electrons. The Labute approximate surface area is 160 Å². The Hall–Kier alpha value is -3.49. The van der Waals surface area contributed by atoms with Gasteiger partial charge in [-0.2, -0.15) is 5.10 Å². The topological polar surface area (TPSA) is 123 Å². The molecule has 0 saturated heterocycles. The van der Waals surface area contributed by atoms with E-state index in [1.54, 1.807) is 17.8 Å². The maximum Gasteiger partial charge on any atom is 0.270 e. The fourth-order valence-electron chi connectivity index (χ4n) is 3.33. The zero-order valence-corrected chi connectivity index (χ0v) is 15.5. The average Bonchev–Trinajstić information content (AvgIpc) is 3.46. The van der Waals surface area contributed by atoms with Gasteiger partial charge in [-0.05, 0) is 31.9 Å². The number of aryl methyl sites for hydroxylation is 2. The summed E-state index contributed by atoms with van der Waals surface area (Å²) in [6.45, 7) is 1.79. The molecule has 4 rings (SSSR count). The highest BCUT2D eigenvalue weighted by Crippen LogP contribution is 2.40. The van der Waals surface area contributed by atoms with Crippen molar-refractivity contribution >= 4 is 22.6 Å². The van der Waals surface area contributed by atoms with E-state index < -0.39 is 4.92 Å². The summed E-state index contributed by atoms with van der Waals surface area (Å²) in [6, 6.07) is 5.52. The fraction of sp³-hybridized carbons (Fsp3) is 0.316. The SMILES string of the molecule is Cc1nn(C)c2nc(C3CC3)cc(C(=O)NCc3cc([N+](=O)[O-])ccc3O)c12. The first kappa shape index (κ1) is 17.9. The molecule has 1 fully saturated rings. The summed E-state index contributed by atoms with van der Waals surface area (Å²) in [5, 5.41) is 28.7. The molecule has 3 aromatic rings. The van der Waals surface area contributed by atoms with Gasteiger partial charge in [0.15, 0.2) is 5.65 Å². The molecule has 2 aromatic heterocycles. The number of hydrogen-bond donors (Lipinski definition) is 2. The van der Waals surface area contributed by atoms with Crippen LogP contribution in [0.2, 0.25) is 0 Å². The van der Waals surface area contributed by atoms with Crippen LogP contribution in [0, 0.1) is 17.0 Å². The van der Waals surface area contributed by atoms with Gasteiger partial charge in [0.05, 0.1) is 21.6 Å². The lowest BCUT2D eigenvalue weighted by atomic mass is 10.1. The van der Waals surface area contributed by atoms with Crippen molar-refractivity contribution < 1.29 is 14.8 Å². The molecule has 2 heterocycles. The number of amides is 1. The number of phenolic OH excluding ortho intramolecular Hbond substituents is 1. The molecule has 0 atom stereocenters. The van der Waals surface area contributed by atoms with Crippen LogP contribution in [0.25, 0.3) is 11.0 Å². The van der Waals surface area contributed by atoms with E-state index in [-0.39, 0.29) is 29.5 Å². The van der Waals surface area contributed by atoms with Crippen LogP contribution in [0.4, 0.5) is 5.69 Å². The number of carbonyl (C=O) groups is 1. The molecule has 0 aliphatic heterocycles. The summed E-state index contributed by atoms with van der Waals surface area (Å²) in [7, 11) is 1.79. The number of nitro groups is 1. The van der Waals surface area contributed by atoms with Crippen molar-refractivity contribution in [3.63, 3.8) is 0 Å². The number of nitrogens with zero attached hydrogens (tertiary/aromatic N) is 4. The average molecular weight is 381 g/mol. The van der Waals surface area contributed by atoms with Gasteiger partial charge in [0.2, 0.25) is 0 Å². The Balaban J connectivity index is 1.66. The zero-order chi connectivity index (χ0) is 20.0. The summed E-state index contributed by atoms with van der Waals surface area (Å²) in [4.78, 5) is 28.0. The number of nitrogens with one attached hydrogen (secondary N) is 1. The molecule has 0 spiro atoms. The van der Waals surface area contributed by atoms with Gasteiger partial charge in [0.1, 0.15) is 5.75 Å². The van der Waals surface area contributed by atoms with Crippen LogP contribution in [-0.4, -0.2) is 30.7 Å². The van der Waals surface area contributed by atoms with Gasteiger partial charge in [-0.25, -0.2) is 4.98 Å². The first-order valence-corrected chi connectivity index (χ1v) is 8.94. The van der Waals surface area contributed by atoms with Crippen LogP contribution < -0.4 is 5.32 Å². The fourth-order valence-corrected chi connectivity index (χ4v) is 3.33. The summed E-state index contributed by atoms with van der Waals surface area (Å²) in [5.74, 6) is -0.0784. The van der Waals surface area contributed by atoms with Crippen LogP contribution in [0.1, 0.15) is 46.1 Å². The van der Waals surface area contributed by atoms with E-state index in [1.165, 1.54) is 18.2 Å². The summed E-state index contributed by atoms with van der Waals surface area (Å²) >= 11 is 0. The van der Waals surface area contributed by atoms with Crippen molar-refractivity contribution in [2.75, 3.05) is 0 Å². The number of phenols is 1. The zero-order valence-electron chi connectivity index (χ0n) is 15.5. The third-order valence-electron chi connectivity index (χ3n) is 4.94. The Morgan fingerprint density at radius 1 is 1.39 bits per heavy atom. The van der Waals surface area contributed by atoms with Gasteiger partial charge < -0.3 is 10.4 Å². The van der Waals surface area contributed by atoms with Gasteiger partial charge in [0, 0.05) is 42.9 Å². The number of pyridine rings is 1. The minimum Gasteiger partial charge on any atom is -0.508 e. The molecular formula is C19H19N5O4. The van der Waals surface area contributed by atoms with Crippen molar-refractivity contribution in [3.8, 4) is 5.75 Å². The highest BCUT2D eigenvalue weighted by atomic mass is 16.6. The molecule has 0 bridgehead atoms. The molecule has 1 aliphatic carbocycles. The Morgan fingerprint density at radius 2 is 2.14 bits per heavy atom. The van der Waals surface area contributed by atoms with E-state index in [2.05, 4.69) is 15.4 Å². The standard InChI is InChI=1S/C19H19N5O4/c1-10-17-14(8-15(11-3-4-11)21-18(17)23(2)22-10)19(26)20-9-12-7-13(24(27)28)5-6-16(12)25/h5-8,11,25H,3-4,9H2,1-2H3,(H,20,26). The highest BCUT2D eigenvalue weighted by molar-refractivity contribution is 6.06. The minimum absolute atomic E-state index is 0.0335. The third kappa shape index (κ3) is 3.15. The largest absolute Gasteiger partial charge is 0.508 e. The molecular weight excluding hydrogens is 362 g/mol. The molecule has 1 aromatic carbocycles. The van der Waals surface area contributed by atoms with E-state index in [0.29, 0.717) is 28.2 Å². The minimum atomic E-state index is -0.544. The first-order valence-electron chi connectivity index (χ1n) is 8.94. The summed E-state index contributed by atoms with van der Waals surface area (Å²) in [5.41, 5.74) is 2.84. The predicted octanol–water partition coefficient (Wildman–Crippen LogP) is 2.70. The van der Waals surface area contributed by atoms with Gasteiger partial charge in [-0.3, -0.25) is 19.6 Å². The third-order valence-corrected chi connectivity index (χ3v) is 4.94. The van der Waals surface area contributed by atoms with Gasteiger partial charge >= 0.3 is 0 Å². The Bertz CT molecular complexity index is 1120. The molecule has 0 unspecified atom stereocenters. The number of nitro benzene ring substituents is 1. The van der Waals surface area contributed by atoms with Crippen LogP contribution in [0.5, 0.6) is 5.75 Å². The number of fused-ring (bicyclic) bond motifs is 1. The molecule has 9 heteroatoms. The Kier molecular flexibility index (Phi) is 4.21. The summed E-state index contributed by atoms with van der Waals surface area (Å²) < 4.78 is 1.67. The van der Waals surface area contributed by atoms with Crippen LogP contribution >= 0.6 is 0 Å². The van der Waals surface area contributed by atoms with E-state index in [0.717, 1.165) is 18.5 Å². The second-order valence-electron chi connectivity index (χ2n) is 7.03. The van der Waals surface area contributed by atoms with E-state index in [1.807, 2.05) is 6.92 Å². The van der Waals surface area contributed by atoms with Crippen LogP contribution in [0.3, 0.4) is 0 Å². The van der Waals surface area contributed by atoms with Crippen molar-refractivity contribution in [1.29, 1.82) is 0 Å². The molecule has 9 nitrogen and oxygen atoms in total. The first-order chi connectivity index (χ1) is 13.3. The smallest absolute Gasteiger partial charge is 0.270 e. The van der Waals surface area contributed by atoms with Crippen molar-refractivity contribution in [2.45, 2.75) is 32.2 Å². The van der Waals surface area contributed by atoms with Crippen LogP contribution in [-0.2, 0) is 13.6 Å². The highest BCUT2D eigenvalue weighted by Gasteiger charge is 2.28. The number of carbonyl (C=O) groups excluding carboxylic acids is 1. The molecule has 144 valence electrons. The quantitative estimate of drug-likeness (QED) is 0.517. The van der Waals surface area contributed by atoms with E-state index in [4.69, 9.17) is 0 Å². The molecule has 2 N–H and O–H groups in total. The molecule has 1 aliphatic rings. The van der Waals surface area contributed by atoms with Gasteiger partial charge in [0.25, 0.3) is 11.6 Å². The number of non-ortho nitro benzene ring substituents is 1. The number of rotatable bonds is 5. The lowest BCUT2D eigenvalue weighted by Crippen LogP contribution is -2.23. The molecule has 1 amide bonds.